The Kier molecular flexibility index (Phi) is 4.84. The molecule has 0 fully saturated rings. The number of urea groups is 1. The largest absolute Gasteiger partial charge is 0.506 e. The lowest BCUT2D eigenvalue weighted by Gasteiger charge is -2.13. The van der Waals surface area contributed by atoms with E-state index in [4.69, 9.17) is 15.5 Å². The topological polar surface area (TPSA) is 155 Å². The first kappa shape index (κ1) is 15.4. The third kappa shape index (κ3) is 4.84. The van der Waals surface area contributed by atoms with Gasteiger partial charge in [0.05, 0.1) is 12.3 Å². The highest BCUT2D eigenvalue weighted by Crippen LogP contribution is 2.37. The average Bonchev–Trinajstić information content (AvgIpc) is 2.28. The molecule has 106 valence electrons. The van der Waals surface area contributed by atoms with E-state index in [0.717, 1.165) is 0 Å². The van der Waals surface area contributed by atoms with E-state index in [1.807, 2.05) is 0 Å². The second kappa shape index (κ2) is 5.98. The Labute approximate surface area is 108 Å². The van der Waals surface area contributed by atoms with Crippen molar-refractivity contribution >= 4 is 13.9 Å². The molecule has 0 aromatic carbocycles. The maximum absolute atomic E-state index is 10.7. The van der Waals surface area contributed by atoms with Crippen LogP contribution in [0.4, 0.5) is 4.79 Å². The van der Waals surface area contributed by atoms with Crippen LogP contribution in [0.5, 0.6) is 5.75 Å². The third-order valence-corrected chi connectivity index (χ3v) is 2.72. The first-order valence-corrected chi connectivity index (χ1v) is 6.63. The van der Waals surface area contributed by atoms with Crippen molar-refractivity contribution in [2.75, 3.05) is 0 Å². The minimum atomic E-state index is -4.64. The summed E-state index contributed by atoms with van der Waals surface area (Å²) >= 11 is 0. The summed E-state index contributed by atoms with van der Waals surface area (Å²) in [4.78, 5) is 31.8. The molecule has 19 heavy (non-hydrogen) atoms. The summed E-state index contributed by atoms with van der Waals surface area (Å²) in [5.41, 5.74) is 5.70. The maximum atomic E-state index is 10.7. The SMILES string of the molecule is Cc1ncc(COP(=O)(O)O)c(CNC(N)=O)c1O. The summed E-state index contributed by atoms with van der Waals surface area (Å²) in [6.07, 6.45) is 1.29. The molecule has 0 radical (unpaired) electrons. The quantitative estimate of drug-likeness (QED) is 0.473. The average molecular weight is 291 g/mol. The number of aromatic hydroxyl groups is 1. The van der Waals surface area contributed by atoms with Gasteiger partial charge < -0.3 is 25.9 Å². The minimum Gasteiger partial charge on any atom is -0.506 e. The van der Waals surface area contributed by atoms with Crippen molar-refractivity contribution < 1.29 is 28.8 Å². The zero-order valence-electron chi connectivity index (χ0n) is 10.0. The number of aromatic nitrogens is 1. The zero-order valence-corrected chi connectivity index (χ0v) is 10.9. The Morgan fingerprint density at radius 2 is 2.21 bits per heavy atom. The molecule has 1 aromatic heterocycles. The molecule has 9 nitrogen and oxygen atoms in total. The van der Waals surface area contributed by atoms with E-state index >= 15 is 0 Å². The Morgan fingerprint density at radius 3 is 2.74 bits per heavy atom. The van der Waals surface area contributed by atoms with Gasteiger partial charge in [-0.2, -0.15) is 0 Å². The number of hydrogen-bond acceptors (Lipinski definition) is 5. The Bertz CT molecular complexity index is 529. The predicted molar refractivity (Wildman–Crippen MR) is 63.9 cm³/mol. The van der Waals surface area contributed by atoms with Gasteiger partial charge in [0, 0.05) is 23.9 Å². The molecule has 0 aliphatic carbocycles. The zero-order chi connectivity index (χ0) is 14.6. The molecule has 0 aliphatic rings. The fraction of sp³-hybridized carbons (Fsp3) is 0.333. The Morgan fingerprint density at radius 1 is 1.58 bits per heavy atom. The number of phosphoric acid groups is 1. The summed E-state index contributed by atoms with van der Waals surface area (Å²) in [5.74, 6) is -0.194. The van der Waals surface area contributed by atoms with Crippen LogP contribution in [0.1, 0.15) is 16.8 Å². The van der Waals surface area contributed by atoms with E-state index in [1.54, 1.807) is 0 Å². The maximum Gasteiger partial charge on any atom is 0.469 e. The van der Waals surface area contributed by atoms with Crippen LogP contribution in [0, 0.1) is 6.92 Å². The number of hydrogen-bond donors (Lipinski definition) is 5. The van der Waals surface area contributed by atoms with Crippen molar-refractivity contribution in [3.05, 3.63) is 23.0 Å². The molecule has 0 atom stereocenters. The summed E-state index contributed by atoms with van der Waals surface area (Å²) in [6, 6.07) is -0.796. The lowest BCUT2D eigenvalue weighted by Crippen LogP contribution is -2.29. The summed E-state index contributed by atoms with van der Waals surface area (Å²) in [7, 11) is -4.64. The molecule has 1 heterocycles. The number of amides is 2. The number of phosphoric ester groups is 1. The van der Waals surface area contributed by atoms with Gasteiger partial charge in [0.2, 0.25) is 0 Å². The van der Waals surface area contributed by atoms with Gasteiger partial charge in [-0.15, -0.1) is 0 Å². The van der Waals surface area contributed by atoms with Crippen molar-refractivity contribution in [1.29, 1.82) is 0 Å². The number of aryl methyl sites for hydroxylation is 1. The fourth-order valence-electron chi connectivity index (χ4n) is 1.34. The highest BCUT2D eigenvalue weighted by molar-refractivity contribution is 7.46. The molecule has 2 amide bonds. The second-order valence-corrected chi connectivity index (χ2v) is 4.92. The molecule has 0 bridgehead atoms. The van der Waals surface area contributed by atoms with Gasteiger partial charge in [0.15, 0.2) is 0 Å². The molecule has 6 N–H and O–H groups in total. The van der Waals surface area contributed by atoms with E-state index in [-0.39, 0.29) is 23.4 Å². The smallest absolute Gasteiger partial charge is 0.469 e. The van der Waals surface area contributed by atoms with Gasteiger partial charge in [-0.05, 0) is 6.92 Å². The van der Waals surface area contributed by atoms with Crippen LogP contribution in [0.2, 0.25) is 0 Å². The number of carbonyl (C=O) groups is 1. The van der Waals surface area contributed by atoms with Crippen molar-refractivity contribution in [3.8, 4) is 5.75 Å². The summed E-state index contributed by atoms with van der Waals surface area (Å²) < 4.78 is 15.0. The molecule has 0 unspecified atom stereocenters. The van der Waals surface area contributed by atoms with Gasteiger partial charge in [-0.25, -0.2) is 9.36 Å². The molecule has 1 rings (SSSR count). The van der Waals surface area contributed by atoms with Crippen LogP contribution < -0.4 is 11.1 Å². The Hall–Kier alpha value is -1.67. The van der Waals surface area contributed by atoms with Crippen LogP contribution in [-0.2, 0) is 22.2 Å². The van der Waals surface area contributed by atoms with Gasteiger partial charge in [0.25, 0.3) is 0 Å². The van der Waals surface area contributed by atoms with E-state index < -0.39 is 20.5 Å². The van der Waals surface area contributed by atoms with Crippen molar-refractivity contribution in [3.63, 3.8) is 0 Å². The van der Waals surface area contributed by atoms with Gasteiger partial charge >= 0.3 is 13.9 Å². The van der Waals surface area contributed by atoms with Crippen molar-refractivity contribution in [1.82, 2.24) is 10.3 Å². The number of pyridine rings is 1. The molecular weight excluding hydrogens is 277 g/mol. The van der Waals surface area contributed by atoms with Gasteiger partial charge in [0.1, 0.15) is 5.75 Å². The molecule has 10 heteroatoms. The minimum absolute atomic E-state index is 0.107. The first-order chi connectivity index (χ1) is 8.70. The van der Waals surface area contributed by atoms with Crippen LogP contribution in [0.15, 0.2) is 6.20 Å². The normalized spacial score (nSPS) is 11.3. The highest BCUT2D eigenvalue weighted by Gasteiger charge is 2.18. The predicted octanol–water partition coefficient (Wildman–Crippen LogP) is -0.127. The van der Waals surface area contributed by atoms with Gasteiger partial charge in [-0.1, -0.05) is 0 Å². The van der Waals surface area contributed by atoms with E-state index in [1.165, 1.54) is 13.1 Å². The lowest BCUT2D eigenvalue weighted by atomic mass is 10.1. The number of nitrogens with zero attached hydrogens (tertiary/aromatic N) is 1. The number of carbonyl (C=O) groups excluding carboxylic acids is 1. The molecule has 0 saturated carbocycles. The summed E-state index contributed by atoms with van der Waals surface area (Å²) in [5, 5.41) is 12.1. The monoisotopic (exact) mass is 291 g/mol. The van der Waals surface area contributed by atoms with Crippen molar-refractivity contribution in [2.45, 2.75) is 20.1 Å². The number of rotatable bonds is 5. The molecular formula is C9H14N3O6P. The highest BCUT2D eigenvalue weighted by atomic mass is 31.2. The second-order valence-electron chi connectivity index (χ2n) is 3.68. The van der Waals surface area contributed by atoms with Crippen LogP contribution in [0.3, 0.4) is 0 Å². The van der Waals surface area contributed by atoms with E-state index in [0.29, 0.717) is 5.69 Å². The molecule has 0 spiro atoms. The van der Waals surface area contributed by atoms with Crippen LogP contribution >= 0.6 is 7.82 Å². The molecule has 0 saturated heterocycles. The van der Waals surface area contributed by atoms with Gasteiger partial charge in [-0.3, -0.25) is 9.51 Å². The molecule has 1 aromatic rings. The summed E-state index contributed by atoms with van der Waals surface area (Å²) in [6.45, 7) is 0.974. The molecule has 0 aliphatic heterocycles. The number of nitrogens with one attached hydrogen (secondary N) is 1. The number of nitrogens with two attached hydrogens (primary N) is 1. The fourth-order valence-corrected chi connectivity index (χ4v) is 1.64. The number of primary amides is 1. The van der Waals surface area contributed by atoms with Crippen LogP contribution in [0.25, 0.3) is 0 Å². The van der Waals surface area contributed by atoms with E-state index in [2.05, 4.69) is 14.8 Å². The van der Waals surface area contributed by atoms with Crippen LogP contribution in [-0.4, -0.2) is 25.9 Å². The Balaban J connectivity index is 2.99. The lowest BCUT2D eigenvalue weighted by molar-refractivity contribution is 0.188. The van der Waals surface area contributed by atoms with Crippen molar-refractivity contribution in [2.24, 2.45) is 5.73 Å². The third-order valence-electron chi connectivity index (χ3n) is 2.26. The standard InChI is InChI=1S/C9H14N3O6P/c1-5-8(13)7(3-12-9(10)14)6(2-11-5)4-18-19(15,16)17/h2,13H,3-4H2,1H3,(H3,10,12,14)(H2,15,16,17). The van der Waals surface area contributed by atoms with E-state index in [9.17, 15) is 14.5 Å². The first-order valence-electron chi connectivity index (χ1n) is 5.10.